The van der Waals surface area contributed by atoms with E-state index in [2.05, 4.69) is 38.6 Å². The zero-order valence-electron chi connectivity index (χ0n) is 19.8. The van der Waals surface area contributed by atoms with Gasteiger partial charge in [-0.15, -0.1) is 0 Å². The Labute approximate surface area is 196 Å². The van der Waals surface area contributed by atoms with E-state index in [4.69, 9.17) is 15.2 Å². The lowest BCUT2D eigenvalue weighted by atomic mass is 9.95. The second-order valence-corrected chi connectivity index (χ2v) is 8.34. The lowest BCUT2D eigenvalue weighted by molar-refractivity contribution is -0.0747. The maximum absolute atomic E-state index is 9.77. The van der Waals surface area contributed by atoms with E-state index in [0.29, 0.717) is 24.2 Å². The van der Waals surface area contributed by atoms with Crippen LogP contribution >= 0.6 is 0 Å². The lowest BCUT2D eigenvalue weighted by Crippen LogP contribution is -2.56. The fourth-order valence-electron chi connectivity index (χ4n) is 3.89. The van der Waals surface area contributed by atoms with Gasteiger partial charge in [-0.2, -0.15) is 4.99 Å². The third-order valence-electron chi connectivity index (χ3n) is 6.13. The van der Waals surface area contributed by atoms with Crippen molar-refractivity contribution >= 4 is 11.8 Å². The molecule has 0 aromatic heterocycles. The summed E-state index contributed by atoms with van der Waals surface area (Å²) in [6, 6.07) is 0.589. The molecule has 9 nitrogen and oxygen atoms in total. The zero-order chi connectivity index (χ0) is 23.8. The minimum absolute atomic E-state index is 0.111. The third kappa shape index (κ3) is 6.72. The fraction of sp³-hybridized carbons (Fsp3) is 0.500. The van der Waals surface area contributed by atoms with Crippen molar-refractivity contribution in [2.75, 3.05) is 46.5 Å². The maximum atomic E-state index is 9.77. The summed E-state index contributed by atoms with van der Waals surface area (Å²) in [5, 5.41) is 12.8. The van der Waals surface area contributed by atoms with Crippen molar-refractivity contribution in [3.63, 3.8) is 0 Å². The van der Waals surface area contributed by atoms with Crippen molar-refractivity contribution in [1.29, 1.82) is 0 Å². The summed E-state index contributed by atoms with van der Waals surface area (Å²) in [6.07, 6.45) is 9.50. The smallest absolute Gasteiger partial charge is 0.231 e. The normalized spacial score (nSPS) is 24.1. The number of rotatable bonds is 7. The Balaban J connectivity index is 1.62. The van der Waals surface area contributed by atoms with Crippen LogP contribution in [0.4, 0.5) is 0 Å². The van der Waals surface area contributed by atoms with Crippen LogP contribution in [0.3, 0.4) is 0 Å². The fourth-order valence-corrected chi connectivity index (χ4v) is 3.89. The van der Waals surface area contributed by atoms with Gasteiger partial charge in [0.05, 0.1) is 26.4 Å². The maximum Gasteiger partial charge on any atom is 0.231 e. The molecule has 0 bridgehead atoms. The highest BCUT2D eigenvalue weighted by Crippen LogP contribution is 2.21. The second-order valence-electron chi connectivity index (χ2n) is 8.34. The number of amidine groups is 1. The molecule has 33 heavy (non-hydrogen) atoms. The van der Waals surface area contributed by atoms with Gasteiger partial charge in [0.15, 0.2) is 5.88 Å². The molecule has 3 aliphatic rings. The second kappa shape index (κ2) is 11.7. The lowest BCUT2D eigenvalue weighted by Gasteiger charge is -2.43. The Morgan fingerprint density at radius 3 is 2.61 bits per heavy atom. The van der Waals surface area contributed by atoms with E-state index in [1.165, 1.54) is 6.20 Å². The largest absolute Gasteiger partial charge is 0.508 e. The Kier molecular flexibility index (Phi) is 8.73. The molecule has 3 rings (SSSR count). The quantitative estimate of drug-likeness (QED) is 0.233. The predicted molar refractivity (Wildman–Crippen MR) is 132 cm³/mol. The first kappa shape index (κ1) is 24.6. The van der Waals surface area contributed by atoms with Gasteiger partial charge >= 0.3 is 0 Å². The molecule has 2 saturated heterocycles. The van der Waals surface area contributed by atoms with Gasteiger partial charge in [0.25, 0.3) is 0 Å². The van der Waals surface area contributed by atoms with Crippen molar-refractivity contribution in [3.05, 3.63) is 60.0 Å². The first-order chi connectivity index (χ1) is 15.9. The molecule has 1 aliphatic carbocycles. The Bertz CT molecular complexity index is 890. The molecule has 1 atom stereocenters. The number of piperazine rings is 1. The van der Waals surface area contributed by atoms with Crippen LogP contribution in [-0.2, 0) is 9.47 Å². The van der Waals surface area contributed by atoms with Crippen LogP contribution in [-0.4, -0.2) is 79.2 Å². The number of hydrogen-bond donors (Lipinski definition) is 3. The number of nitrogens with two attached hydrogens (primary N) is 1. The Hall–Kier alpha value is -3.04. The topological polar surface area (TPSA) is 108 Å². The van der Waals surface area contributed by atoms with E-state index >= 15 is 0 Å². The molecule has 9 heteroatoms. The van der Waals surface area contributed by atoms with E-state index in [-0.39, 0.29) is 17.6 Å². The number of aliphatic imine (C=N–C) groups is 2. The molecule has 2 fully saturated rings. The summed E-state index contributed by atoms with van der Waals surface area (Å²) >= 11 is 0. The number of nitrogens with one attached hydrogen (secondary N) is 1. The number of methoxy groups -OCH3 is 1. The SMILES string of the molecule is C=C/N=C(\N=C(/N)C1C=C(C)C(O)=CC1)N/C(=C/C=C(\C)N1CCN(C2COC2)CC1)OC. The van der Waals surface area contributed by atoms with Gasteiger partial charge in [-0.1, -0.05) is 12.7 Å². The molecule has 0 saturated carbocycles. The van der Waals surface area contributed by atoms with Gasteiger partial charge in [0, 0.05) is 44.0 Å². The number of aliphatic hydroxyl groups is 1. The average Bonchev–Trinajstić information content (AvgIpc) is 2.77. The number of allylic oxidation sites excluding steroid dienone is 5. The van der Waals surface area contributed by atoms with Crippen LogP contribution in [0, 0.1) is 5.92 Å². The van der Waals surface area contributed by atoms with Crippen molar-refractivity contribution in [2.45, 2.75) is 26.3 Å². The number of nitrogens with zero attached hydrogens (tertiary/aromatic N) is 4. The molecule has 0 spiro atoms. The summed E-state index contributed by atoms with van der Waals surface area (Å²) in [6.45, 7) is 13.4. The summed E-state index contributed by atoms with van der Waals surface area (Å²) < 4.78 is 10.8. The highest BCUT2D eigenvalue weighted by atomic mass is 16.5. The average molecular weight is 457 g/mol. The number of aliphatic hydroxyl groups excluding tert-OH is 1. The standard InChI is InChI=1S/C24H36N6O3/c1-5-26-24(28-23(25)19-7-8-21(31)17(2)14-19)27-22(32-4)9-6-18(3)29-10-12-30(13-11-29)20-15-33-16-20/h5-6,8-9,14,19-20,31H,1,7,10-13,15-16H2,2-4H3,(H3,25,26,27,28)/b18-6+,22-9-. The van der Waals surface area contributed by atoms with Gasteiger partial charge in [-0.3, -0.25) is 10.2 Å². The molecule has 2 aliphatic heterocycles. The van der Waals surface area contributed by atoms with Crippen molar-refractivity contribution in [3.8, 4) is 0 Å². The Morgan fingerprint density at radius 1 is 1.30 bits per heavy atom. The van der Waals surface area contributed by atoms with Crippen molar-refractivity contribution in [2.24, 2.45) is 21.6 Å². The molecule has 0 aromatic carbocycles. The van der Waals surface area contributed by atoms with Crippen LogP contribution < -0.4 is 11.1 Å². The van der Waals surface area contributed by atoms with Gasteiger partial charge in [0.2, 0.25) is 5.96 Å². The molecular formula is C24H36N6O3. The molecule has 180 valence electrons. The van der Waals surface area contributed by atoms with E-state index in [9.17, 15) is 5.11 Å². The van der Waals surface area contributed by atoms with E-state index in [1.54, 1.807) is 13.2 Å². The third-order valence-corrected chi connectivity index (χ3v) is 6.13. The zero-order valence-corrected chi connectivity index (χ0v) is 19.8. The molecule has 0 amide bonds. The minimum atomic E-state index is -0.111. The summed E-state index contributed by atoms with van der Waals surface area (Å²) in [4.78, 5) is 13.5. The molecule has 1 unspecified atom stereocenters. The molecule has 2 heterocycles. The van der Waals surface area contributed by atoms with E-state index < -0.39 is 0 Å². The minimum Gasteiger partial charge on any atom is -0.508 e. The Morgan fingerprint density at radius 2 is 2.03 bits per heavy atom. The van der Waals surface area contributed by atoms with Gasteiger partial charge in [-0.25, -0.2) is 4.99 Å². The highest BCUT2D eigenvalue weighted by Gasteiger charge is 2.28. The van der Waals surface area contributed by atoms with Gasteiger partial charge in [0.1, 0.15) is 11.6 Å². The van der Waals surface area contributed by atoms with Crippen LogP contribution in [0.15, 0.2) is 70.0 Å². The summed E-state index contributed by atoms with van der Waals surface area (Å²) in [5.41, 5.74) is 8.16. The van der Waals surface area contributed by atoms with Crippen LogP contribution in [0.1, 0.15) is 20.3 Å². The summed E-state index contributed by atoms with van der Waals surface area (Å²) in [7, 11) is 1.58. The molecule has 0 radical (unpaired) electrons. The van der Waals surface area contributed by atoms with Crippen LogP contribution in [0.25, 0.3) is 0 Å². The number of ether oxygens (including phenoxy) is 2. The molecule has 4 N–H and O–H groups in total. The first-order valence-corrected chi connectivity index (χ1v) is 11.3. The number of guanidine groups is 1. The summed E-state index contributed by atoms with van der Waals surface area (Å²) in [5.74, 6) is 1.33. The van der Waals surface area contributed by atoms with E-state index in [0.717, 1.165) is 50.7 Å². The molecule has 0 aromatic rings. The van der Waals surface area contributed by atoms with Gasteiger partial charge < -0.3 is 25.2 Å². The molecular weight excluding hydrogens is 420 g/mol. The van der Waals surface area contributed by atoms with Crippen LogP contribution in [0.5, 0.6) is 0 Å². The number of hydrogen-bond acceptors (Lipinski definition) is 6. The highest BCUT2D eigenvalue weighted by molar-refractivity contribution is 5.98. The monoisotopic (exact) mass is 456 g/mol. The van der Waals surface area contributed by atoms with Crippen molar-refractivity contribution in [1.82, 2.24) is 15.1 Å². The van der Waals surface area contributed by atoms with E-state index in [1.807, 2.05) is 25.2 Å². The van der Waals surface area contributed by atoms with Gasteiger partial charge in [-0.05, 0) is 44.1 Å². The predicted octanol–water partition coefficient (Wildman–Crippen LogP) is 2.25. The van der Waals surface area contributed by atoms with Crippen LogP contribution in [0.2, 0.25) is 0 Å². The van der Waals surface area contributed by atoms with Crippen molar-refractivity contribution < 1.29 is 14.6 Å². The first-order valence-electron chi connectivity index (χ1n) is 11.3.